The van der Waals surface area contributed by atoms with Crippen LogP contribution in [0, 0.1) is 0 Å². The average molecular weight is 468 g/mol. The van der Waals surface area contributed by atoms with Crippen LogP contribution in [0.25, 0.3) is 16.6 Å². The van der Waals surface area contributed by atoms with E-state index in [1.807, 2.05) is 40.8 Å². The Labute approximate surface area is 189 Å². The molecular weight excluding hydrogens is 446 g/mol. The largest absolute Gasteiger partial charge is 0.325 e. The first-order valence-corrected chi connectivity index (χ1v) is 12.7. The van der Waals surface area contributed by atoms with Gasteiger partial charge in [0.05, 0.1) is 16.2 Å². The summed E-state index contributed by atoms with van der Waals surface area (Å²) in [6, 6.07) is 18.1. The molecule has 0 saturated carbocycles. The molecule has 4 aromatic rings. The van der Waals surface area contributed by atoms with Crippen molar-refractivity contribution in [3.05, 3.63) is 60.7 Å². The highest BCUT2D eigenvalue weighted by molar-refractivity contribution is 7.99. The number of nitrogens with zero attached hydrogens (tertiary/aromatic N) is 4. The van der Waals surface area contributed by atoms with Crippen molar-refractivity contribution in [2.45, 2.75) is 22.9 Å². The summed E-state index contributed by atoms with van der Waals surface area (Å²) >= 11 is 1.30. The lowest BCUT2D eigenvalue weighted by molar-refractivity contribution is -0.113. The summed E-state index contributed by atoms with van der Waals surface area (Å²) in [5.41, 5.74) is 2.25. The Hall–Kier alpha value is -2.95. The highest BCUT2D eigenvalue weighted by Gasteiger charge is 2.26. The zero-order chi connectivity index (χ0) is 22.1. The lowest BCUT2D eigenvalue weighted by Crippen LogP contribution is -2.27. The van der Waals surface area contributed by atoms with E-state index in [-0.39, 0.29) is 16.6 Å². The maximum atomic E-state index is 12.6. The van der Waals surface area contributed by atoms with E-state index in [0.29, 0.717) is 23.9 Å². The molecule has 1 aliphatic heterocycles. The SMILES string of the molecule is O=C(CSc1nnc2ccc3ccccc3n12)Nc1ccc(S(=O)(=O)N2CCCC2)cc1. The van der Waals surface area contributed by atoms with Gasteiger partial charge in [-0.15, -0.1) is 10.2 Å². The van der Waals surface area contributed by atoms with E-state index < -0.39 is 10.0 Å². The van der Waals surface area contributed by atoms with Crippen molar-refractivity contribution in [3.63, 3.8) is 0 Å². The Morgan fingerprint density at radius 3 is 2.50 bits per heavy atom. The Balaban J connectivity index is 1.26. The third-order valence-electron chi connectivity index (χ3n) is 5.42. The van der Waals surface area contributed by atoms with E-state index in [2.05, 4.69) is 15.5 Å². The normalized spacial score (nSPS) is 14.9. The first-order valence-electron chi connectivity index (χ1n) is 10.3. The maximum Gasteiger partial charge on any atom is 0.243 e. The summed E-state index contributed by atoms with van der Waals surface area (Å²) in [6.45, 7) is 1.12. The van der Waals surface area contributed by atoms with Gasteiger partial charge in [0, 0.05) is 18.8 Å². The van der Waals surface area contributed by atoms with E-state index in [1.165, 1.54) is 28.2 Å². The van der Waals surface area contributed by atoms with E-state index in [9.17, 15) is 13.2 Å². The van der Waals surface area contributed by atoms with Gasteiger partial charge in [0.2, 0.25) is 15.9 Å². The van der Waals surface area contributed by atoms with Crippen LogP contribution in [-0.4, -0.2) is 52.1 Å². The highest BCUT2D eigenvalue weighted by Crippen LogP contribution is 2.24. The zero-order valence-corrected chi connectivity index (χ0v) is 18.8. The molecule has 5 rings (SSSR count). The minimum Gasteiger partial charge on any atom is -0.325 e. The van der Waals surface area contributed by atoms with Crippen LogP contribution >= 0.6 is 11.8 Å². The molecule has 1 fully saturated rings. The summed E-state index contributed by atoms with van der Waals surface area (Å²) in [6.07, 6.45) is 1.78. The number of sulfonamides is 1. The molecule has 2 aromatic heterocycles. The van der Waals surface area contributed by atoms with Crippen LogP contribution in [0.1, 0.15) is 12.8 Å². The molecule has 3 heterocycles. The van der Waals surface area contributed by atoms with Gasteiger partial charge < -0.3 is 5.32 Å². The van der Waals surface area contributed by atoms with Gasteiger partial charge in [-0.3, -0.25) is 9.20 Å². The topological polar surface area (TPSA) is 96.7 Å². The molecule has 32 heavy (non-hydrogen) atoms. The van der Waals surface area contributed by atoms with Crippen molar-refractivity contribution < 1.29 is 13.2 Å². The fourth-order valence-electron chi connectivity index (χ4n) is 3.82. The molecule has 0 radical (unpaired) electrons. The molecule has 0 spiro atoms. The minimum atomic E-state index is -3.46. The molecule has 8 nitrogen and oxygen atoms in total. The third kappa shape index (κ3) is 3.96. The number of fused-ring (bicyclic) bond motifs is 3. The number of aromatic nitrogens is 3. The van der Waals surface area contributed by atoms with Gasteiger partial charge in [0.25, 0.3) is 0 Å². The first-order chi connectivity index (χ1) is 15.5. The molecule has 10 heteroatoms. The number of rotatable bonds is 6. The number of hydrogen-bond acceptors (Lipinski definition) is 6. The smallest absolute Gasteiger partial charge is 0.243 e. The third-order valence-corrected chi connectivity index (χ3v) is 8.26. The van der Waals surface area contributed by atoms with Crippen LogP contribution in [-0.2, 0) is 14.8 Å². The van der Waals surface area contributed by atoms with Gasteiger partial charge in [-0.05, 0) is 60.7 Å². The number of carbonyl (C=O) groups is 1. The molecule has 164 valence electrons. The number of pyridine rings is 1. The summed E-state index contributed by atoms with van der Waals surface area (Å²) in [5, 5.41) is 12.9. The molecular formula is C22H21N5O3S2. The predicted octanol–water partition coefficient (Wildman–Crippen LogP) is 3.40. The monoisotopic (exact) mass is 467 g/mol. The molecule has 1 N–H and O–H groups in total. The quantitative estimate of drug-likeness (QED) is 0.437. The van der Waals surface area contributed by atoms with Gasteiger partial charge >= 0.3 is 0 Å². The Kier molecular flexibility index (Phi) is 5.58. The Bertz CT molecular complexity index is 1390. The van der Waals surface area contributed by atoms with Gasteiger partial charge in [-0.25, -0.2) is 8.42 Å². The summed E-state index contributed by atoms with van der Waals surface area (Å²) < 4.78 is 28.7. The molecule has 1 amide bonds. The second kappa shape index (κ2) is 8.53. The lowest BCUT2D eigenvalue weighted by Gasteiger charge is -2.15. The zero-order valence-electron chi connectivity index (χ0n) is 17.1. The van der Waals surface area contributed by atoms with Crippen molar-refractivity contribution >= 4 is 49.9 Å². The Morgan fingerprint density at radius 2 is 1.72 bits per heavy atom. The highest BCUT2D eigenvalue weighted by atomic mass is 32.2. The summed E-state index contributed by atoms with van der Waals surface area (Å²) in [4.78, 5) is 12.7. The number of thioether (sulfide) groups is 1. The van der Waals surface area contributed by atoms with Crippen LogP contribution in [0.2, 0.25) is 0 Å². The average Bonchev–Trinajstić information content (AvgIpc) is 3.49. The van der Waals surface area contributed by atoms with Gasteiger partial charge in [0.1, 0.15) is 0 Å². The summed E-state index contributed by atoms with van der Waals surface area (Å²) in [7, 11) is -3.46. The van der Waals surface area contributed by atoms with E-state index >= 15 is 0 Å². The lowest BCUT2D eigenvalue weighted by atomic mass is 10.2. The van der Waals surface area contributed by atoms with Crippen molar-refractivity contribution in [2.24, 2.45) is 0 Å². The number of para-hydroxylation sites is 1. The van der Waals surface area contributed by atoms with Crippen LogP contribution < -0.4 is 5.32 Å². The number of anilines is 1. The van der Waals surface area contributed by atoms with Gasteiger partial charge in [-0.2, -0.15) is 4.31 Å². The van der Waals surface area contributed by atoms with Crippen molar-refractivity contribution in [1.82, 2.24) is 18.9 Å². The standard InChI is InChI=1S/C22H21N5O3S2/c28-21(23-17-8-10-18(11-9-17)32(29,30)26-13-3-4-14-26)15-31-22-25-24-20-12-7-16-5-1-2-6-19(16)27(20)22/h1-2,5-12H,3-4,13-15H2,(H,23,28). The fraction of sp³-hybridized carbons (Fsp3) is 0.227. The van der Waals surface area contributed by atoms with Gasteiger partial charge in [-0.1, -0.05) is 30.0 Å². The number of carbonyl (C=O) groups excluding carboxylic acids is 1. The van der Waals surface area contributed by atoms with Crippen LogP contribution in [0.15, 0.2) is 70.7 Å². The Morgan fingerprint density at radius 1 is 0.969 bits per heavy atom. The number of benzene rings is 2. The number of nitrogens with one attached hydrogen (secondary N) is 1. The van der Waals surface area contributed by atoms with Crippen molar-refractivity contribution in [2.75, 3.05) is 24.2 Å². The van der Waals surface area contributed by atoms with E-state index in [1.54, 1.807) is 12.1 Å². The number of hydrogen-bond donors (Lipinski definition) is 1. The molecule has 2 aromatic carbocycles. The molecule has 0 atom stereocenters. The maximum absolute atomic E-state index is 12.6. The fourth-order valence-corrected chi connectivity index (χ4v) is 6.09. The van der Waals surface area contributed by atoms with Gasteiger partial charge in [0.15, 0.2) is 10.8 Å². The second-order valence-electron chi connectivity index (χ2n) is 7.54. The van der Waals surface area contributed by atoms with Crippen LogP contribution in [0.3, 0.4) is 0 Å². The minimum absolute atomic E-state index is 0.151. The molecule has 1 saturated heterocycles. The number of amides is 1. The van der Waals surface area contributed by atoms with Crippen LogP contribution in [0.5, 0.6) is 0 Å². The van der Waals surface area contributed by atoms with Crippen molar-refractivity contribution in [1.29, 1.82) is 0 Å². The molecule has 1 aliphatic rings. The first kappa shape index (κ1) is 20.9. The molecule has 0 unspecified atom stereocenters. The van der Waals surface area contributed by atoms with Crippen molar-refractivity contribution in [3.8, 4) is 0 Å². The van der Waals surface area contributed by atoms with E-state index in [4.69, 9.17) is 0 Å². The van der Waals surface area contributed by atoms with Crippen LogP contribution in [0.4, 0.5) is 5.69 Å². The molecule has 0 aliphatic carbocycles. The molecule has 0 bridgehead atoms. The second-order valence-corrected chi connectivity index (χ2v) is 10.4. The summed E-state index contributed by atoms with van der Waals surface area (Å²) in [5.74, 6) is -0.0557. The van der Waals surface area contributed by atoms with E-state index in [0.717, 1.165) is 29.4 Å². The predicted molar refractivity (Wildman–Crippen MR) is 124 cm³/mol.